The summed E-state index contributed by atoms with van der Waals surface area (Å²) in [4.78, 5) is 0. The molecule has 0 aliphatic heterocycles. The molecule has 0 unspecified atom stereocenters. The van der Waals surface area contributed by atoms with Crippen LogP contribution in [0.15, 0.2) is 16.6 Å². The zero-order valence-electron chi connectivity index (χ0n) is 6.14. The molecule has 0 radical (unpaired) electrons. The third-order valence-corrected chi connectivity index (χ3v) is 2.22. The molecule has 0 saturated heterocycles. The molecule has 1 aromatic rings. The van der Waals surface area contributed by atoms with Crippen molar-refractivity contribution in [3.63, 3.8) is 0 Å². The Morgan fingerprint density at radius 1 is 1.58 bits per heavy atom. The molecule has 0 atom stereocenters. The number of nitriles is 1. The van der Waals surface area contributed by atoms with Crippen molar-refractivity contribution in [2.45, 2.75) is 6.54 Å². The fourth-order valence-electron chi connectivity index (χ4n) is 0.913. The largest absolute Gasteiger partial charge is 0.326 e. The summed E-state index contributed by atoms with van der Waals surface area (Å²) in [6.45, 7) is 0.321. The van der Waals surface area contributed by atoms with E-state index in [1.165, 1.54) is 0 Å². The number of nitrogens with zero attached hydrogens (tertiary/aromatic N) is 1. The Bertz CT molecular complexity index is 344. The molecule has 0 fully saturated rings. The van der Waals surface area contributed by atoms with Gasteiger partial charge in [0.05, 0.1) is 10.6 Å². The number of rotatable bonds is 1. The van der Waals surface area contributed by atoms with E-state index in [2.05, 4.69) is 15.9 Å². The van der Waals surface area contributed by atoms with Gasteiger partial charge in [-0.25, -0.2) is 0 Å². The third-order valence-electron chi connectivity index (χ3n) is 1.47. The first-order valence-electron chi connectivity index (χ1n) is 3.27. The monoisotopic (exact) mass is 244 g/mol. The van der Waals surface area contributed by atoms with Gasteiger partial charge in [-0.2, -0.15) is 5.26 Å². The second-order valence-corrected chi connectivity index (χ2v) is 3.56. The quantitative estimate of drug-likeness (QED) is 0.826. The summed E-state index contributed by atoms with van der Waals surface area (Å²) in [7, 11) is 0. The van der Waals surface area contributed by atoms with Gasteiger partial charge in [-0.3, -0.25) is 0 Å². The van der Waals surface area contributed by atoms with Gasteiger partial charge in [-0.15, -0.1) is 0 Å². The third kappa shape index (κ3) is 1.78. The van der Waals surface area contributed by atoms with Crippen molar-refractivity contribution < 1.29 is 0 Å². The predicted octanol–water partition coefficient (Wildman–Crippen LogP) is 2.43. The highest BCUT2D eigenvalue weighted by molar-refractivity contribution is 9.10. The minimum absolute atomic E-state index is 0.321. The van der Waals surface area contributed by atoms with Gasteiger partial charge in [0, 0.05) is 11.0 Å². The van der Waals surface area contributed by atoms with Crippen LogP contribution in [0.25, 0.3) is 0 Å². The van der Waals surface area contributed by atoms with Crippen molar-refractivity contribution >= 4 is 27.5 Å². The molecule has 0 heterocycles. The highest BCUT2D eigenvalue weighted by atomic mass is 79.9. The van der Waals surface area contributed by atoms with E-state index in [0.29, 0.717) is 17.1 Å². The lowest BCUT2D eigenvalue weighted by molar-refractivity contribution is 1.06. The number of halogens is 2. The van der Waals surface area contributed by atoms with Gasteiger partial charge in [-0.05, 0) is 17.7 Å². The highest BCUT2D eigenvalue weighted by Crippen LogP contribution is 2.24. The fourth-order valence-corrected chi connectivity index (χ4v) is 1.83. The molecular weight excluding hydrogens is 239 g/mol. The molecule has 2 nitrogen and oxygen atoms in total. The van der Waals surface area contributed by atoms with Crippen molar-refractivity contribution in [1.82, 2.24) is 0 Å². The standard InChI is InChI=1S/C8H6BrClN2/c9-6-1-5(3-11)7(4-12)8(10)2-6/h1-2H,3,11H2. The van der Waals surface area contributed by atoms with Gasteiger partial charge in [0.25, 0.3) is 0 Å². The van der Waals surface area contributed by atoms with Crippen LogP contribution in [0.3, 0.4) is 0 Å². The summed E-state index contributed by atoms with van der Waals surface area (Å²) < 4.78 is 0.840. The zero-order valence-corrected chi connectivity index (χ0v) is 8.48. The maximum absolute atomic E-state index is 8.72. The SMILES string of the molecule is N#Cc1c(Cl)cc(Br)cc1CN. The van der Waals surface area contributed by atoms with E-state index < -0.39 is 0 Å². The van der Waals surface area contributed by atoms with E-state index in [9.17, 15) is 0 Å². The first kappa shape index (κ1) is 9.53. The molecule has 0 amide bonds. The molecule has 0 spiro atoms. The Morgan fingerprint density at radius 2 is 2.25 bits per heavy atom. The fraction of sp³-hybridized carbons (Fsp3) is 0.125. The molecule has 4 heteroatoms. The molecule has 0 bridgehead atoms. The number of benzene rings is 1. The highest BCUT2D eigenvalue weighted by Gasteiger charge is 2.06. The number of hydrogen-bond acceptors (Lipinski definition) is 2. The maximum Gasteiger partial charge on any atom is 0.101 e. The maximum atomic E-state index is 8.72. The van der Waals surface area contributed by atoms with Gasteiger partial charge in [-0.1, -0.05) is 27.5 Å². The lowest BCUT2D eigenvalue weighted by atomic mass is 10.1. The summed E-state index contributed by atoms with van der Waals surface area (Å²) >= 11 is 9.07. The molecule has 1 rings (SSSR count). The van der Waals surface area contributed by atoms with Gasteiger partial charge < -0.3 is 5.73 Å². The normalized spacial score (nSPS) is 9.50. The molecule has 12 heavy (non-hydrogen) atoms. The summed E-state index contributed by atoms with van der Waals surface area (Å²) in [6, 6.07) is 5.49. The minimum atomic E-state index is 0.321. The Hall–Kier alpha value is -0.560. The Morgan fingerprint density at radius 3 is 2.75 bits per heavy atom. The van der Waals surface area contributed by atoms with E-state index >= 15 is 0 Å². The van der Waals surface area contributed by atoms with Crippen LogP contribution in [-0.2, 0) is 6.54 Å². The van der Waals surface area contributed by atoms with E-state index in [1.807, 2.05) is 6.07 Å². The summed E-state index contributed by atoms with van der Waals surface area (Å²) in [6.07, 6.45) is 0. The summed E-state index contributed by atoms with van der Waals surface area (Å²) in [5.41, 5.74) is 6.65. The topological polar surface area (TPSA) is 49.8 Å². The van der Waals surface area contributed by atoms with Gasteiger partial charge >= 0.3 is 0 Å². The van der Waals surface area contributed by atoms with Crippen molar-refractivity contribution in [2.75, 3.05) is 0 Å². The predicted molar refractivity (Wildman–Crippen MR) is 51.8 cm³/mol. The lowest BCUT2D eigenvalue weighted by Crippen LogP contribution is -1.99. The zero-order chi connectivity index (χ0) is 9.14. The molecular formula is C8H6BrClN2. The first-order valence-corrected chi connectivity index (χ1v) is 4.44. The van der Waals surface area contributed by atoms with E-state index in [0.717, 1.165) is 10.0 Å². The Balaban J connectivity index is 3.36. The van der Waals surface area contributed by atoms with Crippen LogP contribution < -0.4 is 5.73 Å². The molecule has 0 aliphatic rings. The minimum Gasteiger partial charge on any atom is -0.326 e. The van der Waals surface area contributed by atoms with Crippen LogP contribution in [0, 0.1) is 11.3 Å². The molecule has 0 aromatic heterocycles. The van der Waals surface area contributed by atoms with Crippen LogP contribution in [0.4, 0.5) is 0 Å². The average Bonchev–Trinajstić information content (AvgIpc) is 2.03. The first-order chi connectivity index (χ1) is 5.69. The van der Waals surface area contributed by atoms with Crippen LogP contribution in [0.5, 0.6) is 0 Å². The van der Waals surface area contributed by atoms with Crippen LogP contribution in [0.1, 0.15) is 11.1 Å². The number of nitrogens with two attached hydrogens (primary N) is 1. The summed E-state index contributed by atoms with van der Waals surface area (Å²) in [5.74, 6) is 0. The van der Waals surface area contributed by atoms with Gasteiger partial charge in [0.1, 0.15) is 6.07 Å². The molecule has 1 aromatic carbocycles. The molecule has 0 saturated carbocycles. The smallest absolute Gasteiger partial charge is 0.101 e. The van der Waals surface area contributed by atoms with E-state index in [1.54, 1.807) is 12.1 Å². The molecule has 2 N–H and O–H groups in total. The number of hydrogen-bond donors (Lipinski definition) is 1. The van der Waals surface area contributed by atoms with Gasteiger partial charge in [0.2, 0.25) is 0 Å². The van der Waals surface area contributed by atoms with E-state index in [-0.39, 0.29) is 0 Å². The van der Waals surface area contributed by atoms with Crippen LogP contribution in [-0.4, -0.2) is 0 Å². The van der Waals surface area contributed by atoms with Crippen molar-refractivity contribution in [1.29, 1.82) is 5.26 Å². The Labute approximate surface area is 84.1 Å². The van der Waals surface area contributed by atoms with Crippen molar-refractivity contribution in [3.05, 3.63) is 32.8 Å². The second-order valence-electron chi connectivity index (χ2n) is 2.24. The lowest BCUT2D eigenvalue weighted by Gasteiger charge is -2.02. The van der Waals surface area contributed by atoms with Crippen molar-refractivity contribution in [3.8, 4) is 6.07 Å². The Kier molecular flexibility index (Phi) is 3.10. The van der Waals surface area contributed by atoms with E-state index in [4.69, 9.17) is 22.6 Å². The molecule has 62 valence electrons. The average molecular weight is 246 g/mol. The van der Waals surface area contributed by atoms with Crippen molar-refractivity contribution in [2.24, 2.45) is 5.73 Å². The molecule has 0 aliphatic carbocycles. The van der Waals surface area contributed by atoms with Crippen LogP contribution in [0.2, 0.25) is 5.02 Å². The second kappa shape index (κ2) is 3.90. The van der Waals surface area contributed by atoms with Gasteiger partial charge in [0.15, 0.2) is 0 Å². The van der Waals surface area contributed by atoms with Crippen LogP contribution >= 0.6 is 27.5 Å². The summed E-state index contributed by atoms with van der Waals surface area (Å²) in [5, 5.41) is 9.15.